The van der Waals surface area contributed by atoms with Crippen molar-refractivity contribution in [3.63, 3.8) is 0 Å². The largest absolute Gasteiger partial charge is 0.496 e. The SMILES string of the molecule is COc1ccc(NC(=O)[C@](OC)(c2ccccc2)C(F)(F)F)cc1C1=C(CN2C(=O)O[C@H](c3cc(C(F)(F)F)cc(C(F)(F)F)c3)[C@@H]2C)CC(C)(C)CC1. The van der Waals surface area contributed by atoms with Crippen molar-refractivity contribution in [2.24, 2.45) is 5.41 Å². The van der Waals surface area contributed by atoms with E-state index >= 15 is 0 Å². The van der Waals surface area contributed by atoms with E-state index in [0.717, 1.165) is 19.2 Å². The Bertz CT molecular complexity index is 1890. The lowest BCUT2D eigenvalue weighted by Crippen LogP contribution is -2.53. The average Bonchev–Trinajstić information content (AvgIpc) is 3.36. The molecule has 0 spiro atoms. The number of rotatable bonds is 9. The van der Waals surface area contributed by atoms with Gasteiger partial charge in [-0.15, -0.1) is 0 Å². The van der Waals surface area contributed by atoms with Gasteiger partial charge in [-0.1, -0.05) is 44.2 Å². The molecule has 1 aliphatic carbocycles. The van der Waals surface area contributed by atoms with Crippen molar-refractivity contribution in [3.05, 3.63) is 100 Å². The zero-order valence-electron chi connectivity index (χ0n) is 29.7. The number of nitrogens with zero attached hydrogens (tertiary/aromatic N) is 1. The minimum atomic E-state index is -5.17. The molecular weight excluding hydrogens is 735 g/mol. The molecule has 1 N–H and O–H groups in total. The van der Waals surface area contributed by atoms with E-state index in [9.17, 15) is 49.1 Å². The number of hydrogen-bond acceptors (Lipinski definition) is 5. The molecule has 1 saturated heterocycles. The number of cyclic esters (lactones) is 1. The number of anilines is 1. The van der Waals surface area contributed by atoms with Gasteiger partial charge in [0.1, 0.15) is 11.9 Å². The molecule has 3 atom stereocenters. The van der Waals surface area contributed by atoms with Crippen molar-refractivity contribution in [2.45, 2.75) is 76.3 Å². The van der Waals surface area contributed by atoms with Crippen LogP contribution in [0.2, 0.25) is 0 Å². The van der Waals surface area contributed by atoms with Crippen LogP contribution in [-0.4, -0.2) is 49.9 Å². The second-order valence-corrected chi connectivity index (χ2v) is 14.1. The quantitative estimate of drug-likeness (QED) is 0.219. The normalized spacial score (nSPS) is 20.4. The van der Waals surface area contributed by atoms with Crippen LogP contribution in [0.5, 0.6) is 5.75 Å². The van der Waals surface area contributed by atoms with Crippen LogP contribution in [0.1, 0.15) is 74.0 Å². The highest BCUT2D eigenvalue weighted by Gasteiger charge is 2.62. The zero-order valence-corrected chi connectivity index (χ0v) is 29.7. The molecule has 5 rings (SSSR count). The van der Waals surface area contributed by atoms with Gasteiger partial charge in [-0.05, 0) is 84.7 Å². The van der Waals surface area contributed by atoms with E-state index in [1.807, 2.05) is 13.8 Å². The Morgan fingerprint density at radius 2 is 1.50 bits per heavy atom. The summed E-state index contributed by atoms with van der Waals surface area (Å²) in [5.74, 6) is -1.22. The monoisotopic (exact) mass is 772 g/mol. The Labute approximate surface area is 305 Å². The molecule has 2 amide bonds. The summed E-state index contributed by atoms with van der Waals surface area (Å²) in [5, 5.41) is 2.34. The molecule has 2 aliphatic rings. The van der Waals surface area contributed by atoms with Crippen LogP contribution in [0.15, 0.2) is 72.3 Å². The lowest BCUT2D eigenvalue weighted by atomic mass is 9.72. The Balaban J connectivity index is 1.53. The fraction of sp³-hybridized carbons (Fsp3) is 0.421. The molecule has 1 heterocycles. The molecule has 0 saturated carbocycles. The minimum absolute atomic E-state index is 0.00608. The number of hydrogen-bond donors (Lipinski definition) is 1. The Hall–Kier alpha value is -4.73. The Kier molecular flexibility index (Phi) is 10.9. The Morgan fingerprint density at radius 3 is 2.04 bits per heavy atom. The first-order chi connectivity index (χ1) is 25.0. The molecule has 3 aromatic rings. The standard InChI is InChI=1S/C38H37F9N2O5/c1-21-31(22-15-25(36(39,40)41)17-26(16-22)37(42,43)44)54-33(51)49(21)20-23-19-34(2,3)14-13-28(23)29-18-27(11-12-30(29)52-4)48-32(50)35(53-5,38(45,46)47)24-9-7-6-8-10-24/h6-12,15-18,21,31H,13-14,19-20H2,1-5H3,(H,48,50)/t21-,31-,35+/m0/s1. The van der Waals surface area contributed by atoms with Gasteiger partial charge in [0, 0.05) is 30.5 Å². The maximum absolute atomic E-state index is 14.6. The number of nitrogens with one attached hydrogen (secondary N) is 1. The molecule has 0 bridgehead atoms. The third-order valence-electron chi connectivity index (χ3n) is 9.85. The number of carbonyl (C=O) groups excluding carboxylic acids is 2. The summed E-state index contributed by atoms with van der Waals surface area (Å²) >= 11 is 0. The summed E-state index contributed by atoms with van der Waals surface area (Å²) < 4.78 is 142. The van der Waals surface area contributed by atoms with Crippen molar-refractivity contribution in [1.82, 2.24) is 4.90 Å². The van der Waals surface area contributed by atoms with E-state index in [1.54, 1.807) is 0 Å². The van der Waals surface area contributed by atoms with Crippen LogP contribution in [0.25, 0.3) is 5.57 Å². The van der Waals surface area contributed by atoms with Crippen LogP contribution in [0, 0.1) is 5.41 Å². The van der Waals surface area contributed by atoms with Crippen LogP contribution >= 0.6 is 0 Å². The lowest BCUT2D eigenvalue weighted by molar-refractivity contribution is -0.263. The number of halogens is 9. The smallest absolute Gasteiger partial charge is 0.430 e. The van der Waals surface area contributed by atoms with Crippen molar-refractivity contribution in [3.8, 4) is 5.75 Å². The van der Waals surface area contributed by atoms with E-state index in [-0.39, 0.29) is 29.5 Å². The van der Waals surface area contributed by atoms with Crippen molar-refractivity contribution >= 4 is 23.3 Å². The fourth-order valence-electron chi connectivity index (χ4n) is 7.06. The molecule has 16 heteroatoms. The molecule has 0 unspecified atom stereocenters. The number of carbonyl (C=O) groups is 2. The van der Waals surface area contributed by atoms with Crippen LogP contribution in [0.4, 0.5) is 50.0 Å². The summed E-state index contributed by atoms with van der Waals surface area (Å²) in [6.45, 7) is 5.25. The van der Waals surface area contributed by atoms with Gasteiger partial charge in [0.15, 0.2) is 0 Å². The van der Waals surface area contributed by atoms with Gasteiger partial charge < -0.3 is 19.5 Å². The molecule has 292 valence electrons. The first-order valence-electron chi connectivity index (χ1n) is 16.7. The van der Waals surface area contributed by atoms with Gasteiger partial charge in [-0.3, -0.25) is 9.69 Å². The maximum atomic E-state index is 14.6. The fourth-order valence-corrected chi connectivity index (χ4v) is 7.06. The molecular formula is C38H37F9N2O5. The highest BCUT2D eigenvalue weighted by Crippen LogP contribution is 2.48. The maximum Gasteiger partial charge on any atom is 0.430 e. The summed E-state index contributed by atoms with van der Waals surface area (Å²) in [5.41, 5.74) is -6.09. The second-order valence-electron chi connectivity index (χ2n) is 14.1. The second kappa shape index (κ2) is 14.5. The number of alkyl halides is 9. The van der Waals surface area contributed by atoms with E-state index in [4.69, 9.17) is 14.2 Å². The van der Waals surface area contributed by atoms with Crippen LogP contribution in [0.3, 0.4) is 0 Å². The third-order valence-corrected chi connectivity index (χ3v) is 9.85. The summed E-state index contributed by atoms with van der Waals surface area (Å²) in [7, 11) is 2.14. The van der Waals surface area contributed by atoms with Gasteiger partial charge in [0.05, 0.1) is 24.3 Å². The molecule has 3 aromatic carbocycles. The van der Waals surface area contributed by atoms with Crippen LogP contribution < -0.4 is 10.1 Å². The molecule has 0 radical (unpaired) electrons. The van der Waals surface area contributed by atoms with E-state index in [2.05, 4.69) is 5.32 Å². The summed E-state index contributed by atoms with van der Waals surface area (Å²) in [4.78, 5) is 28.0. The molecule has 54 heavy (non-hydrogen) atoms. The highest BCUT2D eigenvalue weighted by molar-refractivity contribution is 5.99. The van der Waals surface area contributed by atoms with Gasteiger partial charge in [-0.2, -0.15) is 39.5 Å². The lowest BCUT2D eigenvalue weighted by Gasteiger charge is -2.36. The summed E-state index contributed by atoms with van der Waals surface area (Å²) in [6, 6.07) is 10.7. The van der Waals surface area contributed by atoms with Gasteiger partial charge in [0.2, 0.25) is 0 Å². The molecule has 0 aromatic heterocycles. The first kappa shape index (κ1) is 40.5. The van der Waals surface area contributed by atoms with Crippen molar-refractivity contribution in [2.75, 3.05) is 26.1 Å². The number of amides is 2. The minimum Gasteiger partial charge on any atom is -0.496 e. The number of ether oxygens (including phenoxy) is 3. The predicted octanol–water partition coefficient (Wildman–Crippen LogP) is 10.3. The van der Waals surface area contributed by atoms with Crippen LogP contribution in [-0.2, 0) is 32.2 Å². The molecule has 1 fully saturated rings. The highest BCUT2D eigenvalue weighted by atomic mass is 19.4. The third kappa shape index (κ3) is 7.89. The van der Waals surface area contributed by atoms with Crippen molar-refractivity contribution in [1.29, 1.82) is 0 Å². The average molecular weight is 773 g/mol. The van der Waals surface area contributed by atoms with Gasteiger partial charge in [-0.25, -0.2) is 4.79 Å². The molecule has 7 nitrogen and oxygen atoms in total. The zero-order chi connectivity index (χ0) is 40.0. The Morgan fingerprint density at radius 1 is 0.889 bits per heavy atom. The van der Waals surface area contributed by atoms with E-state index < -0.39 is 70.5 Å². The van der Waals surface area contributed by atoms with E-state index in [1.165, 1.54) is 55.3 Å². The number of allylic oxidation sites excluding steroid dienone is 1. The van der Waals surface area contributed by atoms with Crippen molar-refractivity contribution < 1.29 is 63.3 Å². The first-order valence-corrected chi connectivity index (χ1v) is 16.7. The molecule has 1 aliphatic heterocycles. The van der Waals surface area contributed by atoms with Gasteiger partial charge in [0.25, 0.3) is 11.5 Å². The van der Waals surface area contributed by atoms with E-state index in [0.29, 0.717) is 48.1 Å². The van der Waals surface area contributed by atoms with Gasteiger partial charge >= 0.3 is 24.6 Å². The predicted molar refractivity (Wildman–Crippen MR) is 179 cm³/mol. The topological polar surface area (TPSA) is 77.1 Å². The summed E-state index contributed by atoms with van der Waals surface area (Å²) in [6.07, 6.45) is -16.5. The number of benzene rings is 3. The number of methoxy groups -OCH3 is 2.